The molecule has 0 saturated carbocycles. The molecule has 1 aliphatic heterocycles. The Hall–Kier alpha value is -1.70. The second kappa shape index (κ2) is 4.89. The van der Waals surface area contributed by atoms with Crippen LogP contribution in [-0.2, 0) is 6.18 Å². The van der Waals surface area contributed by atoms with Crippen molar-refractivity contribution in [3.63, 3.8) is 0 Å². The molecule has 18 heavy (non-hydrogen) atoms. The minimum Gasteiger partial charge on any atom is -0.371 e. The van der Waals surface area contributed by atoms with Crippen molar-refractivity contribution in [2.24, 2.45) is 5.92 Å². The number of anilines is 1. The Labute approximate surface area is 104 Å². The fourth-order valence-electron chi connectivity index (χ4n) is 2.15. The van der Waals surface area contributed by atoms with Crippen LogP contribution in [0.1, 0.15) is 18.4 Å². The molecule has 5 heteroatoms. The van der Waals surface area contributed by atoms with Gasteiger partial charge < -0.3 is 4.90 Å². The van der Waals surface area contributed by atoms with Gasteiger partial charge in [-0.3, -0.25) is 0 Å². The Morgan fingerprint density at radius 3 is 2.44 bits per heavy atom. The second-order valence-electron chi connectivity index (χ2n) is 4.44. The van der Waals surface area contributed by atoms with Crippen LogP contribution in [0, 0.1) is 17.2 Å². The molecular formula is C13H13F3N2. The van der Waals surface area contributed by atoms with Crippen LogP contribution in [0.15, 0.2) is 24.3 Å². The van der Waals surface area contributed by atoms with E-state index >= 15 is 0 Å². The molecule has 0 aliphatic carbocycles. The Bertz CT molecular complexity index is 454. The molecule has 1 aromatic carbocycles. The van der Waals surface area contributed by atoms with Crippen molar-refractivity contribution in [1.82, 2.24) is 0 Å². The largest absolute Gasteiger partial charge is 0.416 e. The van der Waals surface area contributed by atoms with Crippen LogP contribution >= 0.6 is 0 Å². The maximum absolute atomic E-state index is 12.6. The Morgan fingerprint density at radius 2 is 1.89 bits per heavy atom. The maximum atomic E-state index is 12.6. The fourth-order valence-corrected chi connectivity index (χ4v) is 2.15. The van der Waals surface area contributed by atoms with E-state index in [0.29, 0.717) is 31.6 Å². The van der Waals surface area contributed by atoms with E-state index in [9.17, 15) is 13.2 Å². The normalized spacial score (nSPS) is 17.6. The summed E-state index contributed by atoms with van der Waals surface area (Å²) < 4.78 is 37.8. The van der Waals surface area contributed by atoms with E-state index in [4.69, 9.17) is 5.26 Å². The quantitative estimate of drug-likeness (QED) is 0.767. The van der Waals surface area contributed by atoms with Crippen LogP contribution < -0.4 is 4.90 Å². The predicted molar refractivity (Wildman–Crippen MR) is 62.0 cm³/mol. The van der Waals surface area contributed by atoms with Crippen LogP contribution in [0.25, 0.3) is 0 Å². The lowest BCUT2D eigenvalue weighted by Crippen LogP contribution is -2.33. The first-order valence-electron chi connectivity index (χ1n) is 5.82. The maximum Gasteiger partial charge on any atom is 0.416 e. The molecule has 0 radical (unpaired) electrons. The van der Waals surface area contributed by atoms with Gasteiger partial charge >= 0.3 is 6.18 Å². The molecule has 1 heterocycles. The number of alkyl halides is 3. The van der Waals surface area contributed by atoms with Crippen molar-refractivity contribution in [3.8, 4) is 6.07 Å². The summed E-state index contributed by atoms with van der Waals surface area (Å²) in [5, 5.41) is 8.78. The van der Waals surface area contributed by atoms with Gasteiger partial charge in [-0.2, -0.15) is 18.4 Å². The highest BCUT2D eigenvalue weighted by Crippen LogP contribution is 2.32. The van der Waals surface area contributed by atoms with E-state index < -0.39 is 11.7 Å². The van der Waals surface area contributed by atoms with Crippen LogP contribution in [-0.4, -0.2) is 13.1 Å². The molecule has 0 aromatic heterocycles. The highest BCUT2D eigenvalue weighted by Gasteiger charge is 2.31. The predicted octanol–water partition coefficient (Wildman–Crippen LogP) is 3.45. The summed E-state index contributed by atoms with van der Waals surface area (Å²) in [6.45, 7) is 1.28. The number of rotatable bonds is 1. The van der Waals surface area contributed by atoms with Gasteiger partial charge in [0.05, 0.1) is 11.6 Å². The second-order valence-corrected chi connectivity index (χ2v) is 4.44. The Balaban J connectivity index is 2.13. The number of halogens is 3. The molecule has 1 saturated heterocycles. The van der Waals surface area contributed by atoms with Crippen molar-refractivity contribution < 1.29 is 13.2 Å². The highest BCUT2D eigenvalue weighted by molar-refractivity contribution is 5.49. The van der Waals surface area contributed by atoms with Gasteiger partial charge in [-0.25, -0.2) is 0 Å². The SMILES string of the molecule is N#CC1CCN(c2cccc(C(F)(F)F)c2)CC1. The molecule has 0 spiro atoms. The zero-order chi connectivity index (χ0) is 13.2. The zero-order valence-electron chi connectivity index (χ0n) is 9.74. The average Bonchev–Trinajstić information content (AvgIpc) is 2.38. The highest BCUT2D eigenvalue weighted by atomic mass is 19.4. The summed E-state index contributed by atoms with van der Waals surface area (Å²) in [6.07, 6.45) is -2.87. The lowest BCUT2D eigenvalue weighted by molar-refractivity contribution is -0.137. The van der Waals surface area contributed by atoms with Crippen LogP contribution in [0.2, 0.25) is 0 Å². The third-order valence-electron chi connectivity index (χ3n) is 3.22. The van der Waals surface area contributed by atoms with Crippen molar-refractivity contribution in [2.75, 3.05) is 18.0 Å². The molecule has 0 unspecified atom stereocenters. The van der Waals surface area contributed by atoms with E-state index in [0.717, 1.165) is 6.07 Å². The summed E-state index contributed by atoms with van der Waals surface area (Å²) in [6, 6.07) is 7.56. The molecule has 96 valence electrons. The lowest BCUT2D eigenvalue weighted by Gasteiger charge is -2.31. The number of nitriles is 1. The molecule has 0 amide bonds. The van der Waals surface area contributed by atoms with Gasteiger partial charge in [0.15, 0.2) is 0 Å². The smallest absolute Gasteiger partial charge is 0.371 e. The first-order chi connectivity index (χ1) is 8.50. The summed E-state index contributed by atoms with van der Waals surface area (Å²) >= 11 is 0. The standard InChI is InChI=1S/C13H13F3N2/c14-13(15,16)11-2-1-3-12(8-11)18-6-4-10(9-17)5-7-18/h1-3,8,10H,4-7H2. The third kappa shape index (κ3) is 2.76. The first kappa shape index (κ1) is 12.7. The minimum absolute atomic E-state index is 0.0343. The molecule has 0 bridgehead atoms. The lowest BCUT2D eigenvalue weighted by atomic mass is 9.98. The van der Waals surface area contributed by atoms with Gasteiger partial charge in [0.1, 0.15) is 0 Å². The van der Waals surface area contributed by atoms with Crippen LogP contribution in [0.3, 0.4) is 0 Å². The van der Waals surface area contributed by atoms with Crippen molar-refractivity contribution in [2.45, 2.75) is 19.0 Å². The van der Waals surface area contributed by atoms with Gasteiger partial charge in [0.2, 0.25) is 0 Å². The van der Waals surface area contributed by atoms with E-state index in [1.54, 1.807) is 6.07 Å². The van der Waals surface area contributed by atoms with Crippen molar-refractivity contribution in [3.05, 3.63) is 29.8 Å². The molecule has 1 fully saturated rings. The summed E-state index contributed by atoms with van der Waals surface area (Å²) in [4.78, 5) is 1.91. The number of hydrogen-bond acceptors (Lipinski definition) is 2. The zero-order valence-corrected chi connectivity index (χ0v) is 9.74. The van der Waals surface area contributed by atoms with Gasteiger partial charge in [-0.15, -0.1) is 0 Å². The summed E-state index contributed by atoms with van der Waals surface area (Å²) in [5.74, 6) is 0.0343. The number of piperidine rings is 1. The monoisotopic (exact) mass is 254 g/mol. The fraction of sp³-hybridized carbons (Fsp3) is 0.462. The Morgan fingerprint density at radius 1 is 1.22 bits per heavy atom. The molecule has 1 aliphatic rings. The van der Waals surface area contributed by atoms with Gasteiger partial charge in [-0.05, 0) is 31.0 Å². The third-order valence-corrected chi connectivity index (χ3v) is 3.22. The van der Waals surface area contributed by atoms with E-state index in [1.165, 1.54) is 12.1 Å². The van der Waals surface area contributed by atoms with Crippen molar-refractivity contribution >= 4 is 5.69 Å². The topological polar surface area (TPSA) is 27.0 Å². The number of nitrogens with zero attached hydrogens (tertiary/aromatic N) is 2. The van der Waals surface area contributed by atoms with Gasteiger partial charge in [-0.1, -0.05) is 6.07 Å². The van der Waals surface area contributed by atoms with E-state index in [1.807, 2.05) is 4.90 Å². The van der Waals surface area contributed by atoms with Gasteiger partial charge in [0.25, 0.3) is 0 Å². The number of benzene rings is 1. The molecular weight excluding hydrogens is 241 g/mol. The van der Waals surface area contributed by atoms with Crippen LogP contribution in [0.4, 0.5) is 18.9 Å². The first-order valence-corrected chi connectivity index (χ1v) is 5.82. The van der Waals surface area contributed by atoms with Crippen molar-refractivity contribution in [1.29, 1.82) is 5.26 Å². The molecule has 2 nitrogen and oxygen atoms in total. The summed E-state index contributed by atoms with van der Waals surface area (Å²) in [7, 11) is 0. The van der Waals surface area contributed by atoms with Crippen LogP contribution in [0.5, 0.6) is 0 Å². The molecule has 0 atom stereocenters. The Kier molecular flexibility index (Phi) is 3.46. The minimum atomic E-state index is -4.30. The van der Waals surface area contributed by atoms with E-state index in [-0.39, 0.29) is 5.92 Å². The average molecular weight is 254 g/mol. The summed E-state index contributed by atoms with van der Waals surface area (Å²) in [5.41, 5.74) is -0.0383. The van der Waals surface area contributed by atoms with E-state index in [2.05, 4.69) is 6.07 Å². The molecule has 0 N–H and O–H groups in total. The molecule has 1 aromatic rings. The van der Waals surface area contributed by atoms with Gasteiger partial charge in [0, 0.05) is 24.7 Å². The molecule has 2 rings (SSSR count). The number of hydrogen-bond donors (Lipinski definition) is 0.